The van der Waals surface area contributed by atoms with E-state index in [4.69, 9.17) is 0 Å². The number of benzene rings is 2. The molecule has 1 atom stereocenters. The van der Waals surface area contributed by atoms with Crippen LogP contribution in [0.4, 0.5) is 5.69 Å². The molecule has 0 aliphatic carbocycles. The Morgan fingerprint density at radius 1 is 1.19 bits per heavy atom. The summed E-state index contributed by atoms with van der Waals surface area (Å²) < 4.78 is 27.1. The number of nitrogens with zero attached hydrogens (tertiary/aromatic N) is 2. The summed E-state index contributed by atoms with van der Waals surface area (Å²) >= 11 is 0. The van der Waals surface area contributed by atoms with Gasteiger partial charge in [-0.1, -0.05) is 35.9 Å². The Morgan fingerprint density at radius 3 is 2.54 bits per heavy atom. The van der Waals surface area contributed by atoms with E-state index in [1.54, 1.807) is 12.1 Å². The summed E-state index contributed by atoms with van der Waals surface area (Å²) in [6.07, 6.45) is 0.997. The van der Waals surface area contributed by atoms with Gasteiger partial charge >= 0.3 is 0 Å². The van der Waals surface area contributed by atoms with Crippen molar-refractivity contribution in [2.24, 2.45) is 0 Å². The molecule has 26 heavy (non-hydrogen) atoms. The van der Waals surface area contributed by atoms with Crippen LogP contribution in [0.5, 0.6) is 0 Å². The molecule has 1 heterocycles. The summed E-state index contributed by atoms with van der Waals surface area (Å²) in [5.41, 5.74) is 1.17. The normalized spacial score (nSPS) is 18.0. The van der Waals surface area contributed by atoms with Crippen LogP contribution in [0.1, 0.15) is 28.8 Å². The molecule has 3 rings (SSSR count). The van der Waals surface area contributed by atoms with Crippen LogP contribution in [0.3, 0.4) is 0 Å². The number of non-ortho nitro benzene ring substituents is 1. The molecular formula is C18H18N2O5S. The Bertz CT molecular complexity index is 954. The zero-order chi connectivity index (χ0) is 18.9. The lowest BCUT2D eigenvalue weighted by molar-refractivity contribution is -0.385. The van der Waals surface area contributed by atoms with E-state index in [1.165, 1.54) is 18.2 Å². The number of ketones is 1. The third-order valence-electron chi connectivity index (χ3n) is 4.48. The number of carbonyl (C=O) groups excluding carboxylic acids is 1. The molecule has 1 aliphatic heterocycles. The maximum Gasteiger partial charge on any atom is 0.270 e. The van der Waals surface area contributed by atoms with Gasteiger partial charge in [0.15, 0.2) is 5.78 Å². The number of nitro groups is 1. The first kappa shape index (κ1) is 18.2. The lowest BCUT2D eigenvalue weighted by atomic mass is 10.0. The third kappa shape index (κ3) is 3.38. The van der Waals surface area contributed by atoms with Gasteiger partial charge in [0.05, 0.1) is 15.9 Å². The SMILES string of the molecule is Cc1ccc(C(=O)C2CCCN2S(=O)(=O)c2cccc([N+](=O)[O-])c2)cc1. The van der Waals surface area contributed by atoms with Gasteiger partial charge in [0.2, 0.25) is 10.0 Å². The van der Waals surface area contributed by atoms with Crippen molar-refractivity contribution in [2.45, 2.75) is 30.7 Å². The van der Waals surface area contributed by atoms with Crippen LogP contribution in [-0.2, 0) is 10.0 Å². The predicted molar refractivity (Wildman–Crippen MR) is 95.5 cm³/mol. The van der Waals surface area contributed by atoms with Crippen LogP contribution >= 0.6 is 0 Å². The van der Waals surface area contributed by atoms with Crippen molar-refractivity contribution >= 4 is 21.5 Å². The zero-order valence-corrected chi connectivity index (χ0v) is 15.0. The lowest BCUT2D eigenvalue weighted by Crippen LogP contribution is -2.40. The Labute approximate surface area is 151 Å². The van der Waals surface area contributed by atoms with Crippen LogP contribution in [0.2, 0.25) is 0 Å². The fourth-order valence-electron chi connectivity index (χ4n) is 3.09. The topological polar surface area (TPSA) is 97.6 Å². The van der Waals surface area contributed by atoms with Crippen LogP contribution in [0, 0.1) is 17.0 Å². The molecule has 2 aromatic carbocycles. The summed E-state index contributed by atoms with van der Waals surface area (Å²) in [4.78, 5) is 22.9. The summed E-state index contributed by atoms with van der Waals surface area (Å²) in [6.45, 7) is 2.12. The molecule has 2 aromatic rings. The monoisotopic (exact) mass is 374 g/mol. The minimum Gasteiger partial charge on any atom is -0.292 e. The van der Waals surface area contributed by atoms with Gasteiger partial charge in [-0.15, -0.1) is 0 Å². The smallest absolute Gasteiger partial charge is 0.270 e. The highest BCUT2D eigenvalue weighted by Gasteiger charge is 2.40. The highest BCUT2D eigenvalue weighted by Crippen LogP contribution is 2.29. The van der Waals surface area contributed by atoms with Gasteiger partial charge in [0.25, 0.3) is 5.69 Å². The fraction of sp³-hybridized carbons (Fsp3) is 0.278. The molecule has 0 amide bonds. The van der Waals surface area contributed by atoms with Crippen LogP contribution < -0.4 is 0 Å². The first-order valence-corrected chi connectivity index (χ1v) is 9.62. The predicted octanol–water partition coefficient (Wildman–Crippen LogP) is 2.94. The van der Waals surface area contributed by atoms with Crippen molar-refractivity contribution in [3.8, 4) is 0 Å². The molecular weight excluding hydrogens is 356 g/mol. The second-order valence-corrected chi connectivity index (χ2v) is 8.15. The third-order valence-corrected chi connectivity index (χ3v) is 6.38. The molecule has 0 saturated carbocycles. The van der Waals surface area contributed by atoms with Crippen molar-refractivity contribution in [2.75, 3.05) is 6.54 Å². The van der Waals surface area contributed by atoms with E-state index in [0.29, 0.717) is 18.4 Å². The molecule has 7 nitrogen and oxygen atoms in total. The summed E-state index contributed by atoms with van der Waals surface area (Å²) in [6, 6.07) is 11.1. The van der Waals surface area contributed by atoms with Gasteiger partial charge in [-0.05, 0) is 25.8 Å². The lowest BCUT2D eigenvalue weighted by Gasteiger charge is -2.23. The molecule has 1 fully saturated rings. The maximum atomic E-state index is 13.0. The van der Waals surface area contributed by atoms with E-state index in [-0.39, 0.29) is 22.9 Å². The molecule has 0 bridgehead atoms. The maximum absolute atomic E-state index is 13.0. The Balaban J connectivity index is 1.94. The van der Waals surface area contributed by atoms with Gasteiger partial charge in [-0.25, -0.2) is 8.42 Å². The van der Waals surface area contributed by atoms with Gasteiger partial charge in [0, 0.05) is 24.2 Å². The molecule has 0 aromatic heterocycles. The number of rotatable bonds is 5. The second-order valence-electron chi connectivity index (χ2n) is 6.26. The number of Topliss-reactive ketones (excluding diaryl/α,β-unsaturated/α-hetero) is 1. The number of hydrogen-bond acceptors (Lipinski definition) is 5. The van der Waals surface area contributed by atoms with E-state index in [1.807, 2.05) is 19.1 Å². The summed E-state index contributed by atoms with van der Waals surface area (Å²) in [7, 11) is -4.00. The molecule has 1 saturated heterocycles. The molecule has 1 unspecified atom stereocenters. The van der Waals surface area contributed by atoms with E-state index in [2.05, 4.69) is 0 Å². The standard InChI is InChI=1S/C18H18N2O5S/c1-13-7-9-14(10-8-13)18(21)17-6-3-11-19(17)26(24,25)16-5-2-4-15(12-16)20(22)23/h2,4-5,7-10,12,17H,3,6,11H2,1H3. The Hall–Kier alpha value is -2.58. The average molecular weight is 374 g/mol. The number of nitro benzene ring substituents is 1. The highest BCUT2D eigenvalue weighted by molar-refractivity contribution is 7.89. The number of aryl methyl sites for hydroxylation is 1. The quantitative estimate of drug-likeness (QED) is 0.455. The Kier molecular flexibility index (Phi) is 4.88. The van der Waals surface area contributed by atoms with Crippen LogP contribution in [0.15, 0.2) is 53.4 Å². The fourth-order valence-corrected chi connectivity index (χ4v) is 4.79. The summed E-state index contributed by atoms with van der Waals surface area (Å²) in [5, 5.41) is 10.9. The molecule has 1 aliphatic rings. The van der Waals surface area contributed by atoms with E-state index < -0.39 is 21.0 Å². The number of hydrogen-bond donors (Lipinski definition) is 0. The highest BCUT2D eigenvalue weighted by atomic mass is 32.2. The Morgan fingerprint density at radius 2 is 1.88 bits per heavy atom. The van der Waals surface area contributed by atoms with Gasteiger partial charge < -0.3 is 0 Å². The average Bonchev–Trinajstić information content (AvgIpc) is 3.12. The molecule has 0 radical (unpaired) electrons. The van der Waals surface area contributed by atoms with Gasteiger partial charge in [0.1, 0.15) is 0 Å². The largest absolute Gasteiger partial charge is 0.292 e. The molecule has 0 spiro atoms. The van der Waals surface area contributed by atoms with Crippen LogP contribution in [0.25, 0.3) is 0 Å². The van der Waals surface area contributed by atoms with Gasteiger partial charge in [-0.2, -0.15) is 4.31 Å². The molecule has 136 valence electrons. The van der Waals surface area contributed by atoms with E-state index >= 15 is 0 Å². The molecule has 8 heteroatoms. The minimum absolute atomic E-state index is 0.171. The zero-order valence-electron chi connectivity index (χ0n) is 14.2. The second kappa shape index (κ2) is 6.97. The first-order valence-electron chi connectivity index (χ1n) is 8.18. The molecule has 0 N–H and O–H groups in total. The first-order chi connectivity index (χ1) is 12.3. The van der Waals surface area contributed by atoms with Crippen molar-refractivity contribution in [3.05, 3.63) is 69.8 Å². The van der Waals surface area contributed by atoms with Crippen molar-refractivity contribution in [3.63, 3.8) is 0 Å². The summed E-state index contributed by atoms with van der Waals surface area (Å²) in [5.74, 6) is -0.253. The number of carbonyl (C=O) groups is 1. The van der Waals surface area contributed by atoms with Crippen molar-refractivity contribution < 1.29 is 18.1 Å². The van der Waals surface area contributed by atoms with Crippen LogP contribution in [-0.4, -0.2) is 36.0 Å². The minimum atomic E-state index is -4.00. The van der Waals surface area contributed by atoms with E-state index in [9.17, 15) is 23.3 Å². The van der Waals surface area contributed by atoms with Crippen molar-refractivity contribution in [1.82, 2.24) is 4.31 Å². The van der Waals surface area contributed by atoms with Gasteiger partial charge in [-0.3, -0.25) is 14.9 Å². The number of sulfonamides is 1. The van der Waals surface area contributed by atoms with E-state index in [0.717, 1.165) is 15.9 Å². The van der Waals surface area contributed by atoms with Crippen molar-refractivity contribution in [1.29, 1.82) is 0 Å².